The first-order valence-corrected chi connectivity index (χ1v) is 8.27. The van der Waals surface area contributed by atoms with Crippen molar-refractivity contribution in [2.45, 2.75) is 40.3 Å². The van der Waals surface area contributed by atoms with Gasteiger partial charge in [0, 0.05) is 36.6 Å². The molecule has 0 aliphatic rings. The molecule has 0 spiro atoms. The van der Waals surface area contributed by atoms with Crippen LogP contribution in [0.3, 0.4) is 0 Å². The fourth-order valence-corrected chi connectivity index (χ4v) is 2.70. The van der Waals surface area contributed by atoms with Crippen molar-refractivity contribution in [1.29, 1.82) is 0 Å². The van der Waals surface area contributed by atoms with Crippen molar-refractivity contribution in [3.05, 3.63) is 17.0 Å². The van der Waals surface area contributed by atoms with Crippen molar-refractivity contribution < 1.29 is 8.42 Å². The predicted octanol–water partition coefficient (Wildman–Crippen LogP) is 1.22. The highest BCUT2D eigenvalue weighted by atomic mass is 32.2. The van der Waals surface area contributed by atoms with E-state index in [1.165, 1.54) is 11.8 Å². The van der Waals surface area contributed by atoms with Gasteiger partial charge in [0.05, 0.1) is 11.4 Å². The molecule has 5 nitrogen and oxygen atoms in total. The molecule has 1 heterocycles. The van der Waals surface area contributed by atoms with Crippen LogP contribution in [0, 0.1) is 13.8 Å². The number of hydrogen-bond donors (Lipinski definition) is 1. The van der Waals surface area contributed by atoms with E-state index in [9.17, 15) is 8.42 Å². The molecule has 6 heteroatoms. The summed E-state index contributed by atoms with van der Waals surface area (Å²) in [6.45, 7) is 9.46. The molecular formula is C12H23N3O2S. The van der Waals surface area contributed by atoms with Crippen molar-refractivity contribution in [3.8, 4) is 0 Å². The summed E-state index contributed by atoms with van der Waals surface area (Å²) in [5.74, 6) is 0.164. The second-order valence-electron chi connectivity index (χ2n) is 4.71. The number of sulfone groups is 1. The van der Waals surface area contributed by atoms with Gasteiger partial charge >= 0.3 is 0 Å². The van der Waals surface area contributed by atoms with Crippen LogP contribution >= 0.6 is 0 Å². The van der Waals surface area contributed by atoms with Gasteiger partial charge in [0.25, 0.3) is 0 Å². The summed E-state index contributed by atoms with van der Waals surface area (Å²) in [6.07, 6.45) is 1.25. The maximum Gasteiger partial charge on any atom is 0.148 e. The Hall–Kier alpha value is -0.880. The molecule has 0 saturated carbocycles. The van der Waals surface area contributed by atoms with Crippen LogP contribution in [0.2, 0.25) is 0 Å². The molecule has 0 fully saturated rings. The summed E-state index contributed by atoms with van der Waals surface area (Å²) in [6, 6.07) is 0.118. The largest absolute Gasteiger partial charge is 0.309 e. The zero-order chi connectivity index (χ0) is 13.9. The Bertz CT molecular complexity index is 506. The first kappa shape index (κ1) is 15.2. The third-order valence-electron chi connectivity index (χ3n) is 3.09. The van der Waals surface area contributed by atoms with E-state index in [0.717, 1.165) is 17.9 Å². The molecule has 0 bridgehead atoms. The van der Waals surface area contributed by atoms with Gasteiger partial charge in [0.2, 0.25) is 0 Å². The van der Waals surface area contributed by atoms with Crippen LogP contribution in [0.4, 0.5) is 0 Å². The van der Waals surface area contributed by atoms with Crippen molar-refractivity contribution in [3.63, 3.8) is 0 Å². The van der Waals surface area contributed by atoms with Gasteiger partial charge in [-0.3, -0.25) is 4.68 Å². The lowest BCUT2D eigenvalue weighted by Crippen LogP contribution is -2.26. The van der Waals surface area contributed by atoms with E-state index >= 15 is 0 Å². The first-order chi connectivity index (χ1) is 8.26. The van der Waals surface area contributed by atoms with Gasteiger partial charge in [-0.15, -0.1) is 0 Å². The van der Waals surface area contributed by atoms with Gasteiger partial charge in [-0.05, 0) is 27.7 Å². The highest BCUT2D eigenvalue weighted by molar-refractivity contribution is 7.90. The van der Waals surface area contributed by atoms with Gasteiger partial charge in [0.1, 0.15) is 9.84 Å². The van der Waals surface area contributed by atoms with Gasteiger partial charge in [-0.1, -0.05) is 0 Å². The Balaban J connectivity index is 2.73. The molecule has 0 aliphatic heterocycles. The predicted molar refractivity (Wildman–Crippen MR) is 73.5 cm³/mol. The van der Waals surface area contributed by atoms with Gasteiger partial charge in [0.15, 0.2) is 0 Å². The SMILES string of the molecule is CCn1nc(C)c(C(C)NCCS(C)(=O)=O)c1C. The van der Waals surface area contributed by atoms with E-state index in [-0.39, 0.29) is 11.8 Å². The number of nitrogens with zero attached hydrogens (tertiary/aromatic N) is 2. The van der Waals surface area contributed by atoms with Crippen LogP contribution in [-0.4, -0.2) is 36.8 Å². The summed E-state index contributed by atoms with van der Waals surface area (Å²) >= 11 is 0. The molecule has 1 aromatic heterocycles. The number of nitrogens with one attached hydrogen (secondary N) is 1. The molecule has 0 radical (unpaired) electrons. The summed E-state index contributed by atoms with van der Waals surface area (Å²) in [7, 11) is -2.91. The van der Waals surface area contributed by atoms with Gasteiger partial charge in [-0.25, -0.2) is 8.42 Å². The Morgan fingerprint density at radius 1 is 1.39 bits per heavy atom. The van der Waals surface area contributed by atoms with Crippen LogP contribution in [0.1, 0.15) is 36.8 Å². The van der Waals surface area contributed by atoms with Gasteiger partial charge < -0.3 is 5.32 Å². The molecule has 1 rings (SSSR count). The highest BCUT2D eigenvalue weighted by Crippen LogP contribution is 2.20. The molecule has 1 N–H and O–H groups in total. The van der Waals surface area contributed by atoms with Crippen LogP contribution in [0.15, 0.2) is 0 Å². The van der Waals surface area contributed by atoms with Crippen molar-refractivity contribution in [1.82, 2.24) is 15.1 Å². The smallest absolute Gasteiger partial charge is 0.148 e. The normalized spacial score (nSPS) is 13.8. The zero-order valence-electron chi connectivity index (χ0n) is 11.8. The number of aromatic nitrogens is 2. The lowest BCUT2D eigenvalue weighted by atomic mass is 10.1. The number of hydrogen-bond acceptors (Lipinski definition) is 4. The third kappa shape index (κ3) is 3.81. The molecule has 1 atom stereocenters. The van der Waals surface area contributed by atoms with E-state index in [0.29, 0.717) is 6.54 Å². The Kier molecular flexibility index (Phi) is 4.92. The molecule has 0 saturated heterocycles. The van der Waals surface area contributed by atoms with Crippen molar-refractivity contribution in [2.75, 3.05) is 18.6 Å². The number of rotatable bonds is 6. The first-order valence-electron chi connectivity index (χ1n) is 6.21. The van der Waals surface area contributed by atoms with E-state index in [2.05, 4.69) is 17.3 Å². The monoisotopic (exact) mass is 273 g/mol. The second-order valence-corrected chi connectivity index (χ2v) is 6.97. The van der Waals surface area contributed by atoms with E-state index in [1.54, 1.807) is 0 Å². The molecular weight excluding hydrogens is 250 g/mol. The standard InChI is InChI=1S/C12H23N3O2S/c1-6-15-11(4)12(10(3)14-15)9(2)13-7-8-18(5,16)17/h9,13H,6-8H2,1-5H3. The minimum absolute atomic E-state index is 0.118. The fraction of sp³-hybridized carbons (Fsp3) is 0.750. The van der Waals surface area contributed by atoms with Crippen LogP contribution in [0.5, 0.6) is 0 Å². The Morgan fingerprint density at radius 3 is 2.44 bits per heavy atom. The average molecular weight is 273 g/mol. The van der Waals surface area contributed by atoms with Crippen LogP contribution < -0.4 is 5.32 Å². The van der Waals surface area contributed by atoms with Crippen molar-refractivity contribution >= 4 is 9.84 Å². The van der Waals surface area contributed by atoms with Gasteiger partial charge in [-0.2, -0.15) is 5.10 Å². The lowest BCUT2D eigenvalue weighted by Gasteiger charge is -2.14. The second kappa shape index (κ2) is 5.84. The average Bonchev–Trinajstić information content (AvgIpc) is 2.51. The molecule has 1 unspecified atom stereocenters. The summed E-state index contributed by atoms with van der Waals surface area (Å²) < 4.78 is 24.1. The quantitative estimate of drug-likeness (QED) is 0.846. The highest BCUT2D eigenvalue weighted by Gasteiger charge is 2.16. The van der Waals surface area contributed by atoms with Crippen LogP contribution in [0.25, 0.3) is 0 Å². The zero-order valence-corrected chi connectivity index (χ0v) is 12.6. The van der Waals surface area contributed by atoms with Crippen molar-refractivity contribution in [2.24, 2.45) is 0 Å². The molecule has 18 heavy (non-hydrogen) atoms. The summed E-state index contributed by atoms with van der Waals surface area (Å²) in [4.78, 5) is 0. The Labute approximate surface area is 109 Å². The van der Waals surface area contributed by atoms with Crippen LogP contribution in [-0.2, 0) is 16.4 Å². The number of aryl methyl sites for hydroxylation is 2. The lowest BCUT2D eigenvalue weighted by molar-refractivity contribution is 0.571. The maximum absolute atomic E-state index is 11.1. The summed E-state index contributed by atoms with van der Waals surface area (Å²) in [5, 5.41) is 7.71. The maximum atomic E-state index is 11.1. The van der Waals surface area contributed by atoms with E-state index in [4.69, 9.17) is 0 Å². The molecule has 0 aromatic carbocycles. The fourth-order valence-electron chi connectivity index (χ4n) is 2.21. The third-order valence-corrected chi connectivity index (χ3v) is 4.04. The minimum Gasteiger partial charge on any atom is -0.309 e. The summed E-state index contributed by atoms with van der Waals surface area (Å²) in [5.41, 5.74) is 3.33. The minimum atomic E-state index is -2.91. The topological polar surface area (TPSA) is 64.0 Å². The molecule has 104 valence electrons. The van der Waals surface area contributed by atoms with E-state index < -0.39 is 9.84 Å². The Morgan fingerprint density at radius 2 is 2.00 bits per heavy atom. The molecule has 1 aromatic rings. The molecule has 0 aliphatic carbocycles. The molecule has 0 amide bonds. The van der Waals surface area contributed by atoms with E-state index in [1.807, 2.05) is 25.5 Å².